The minimum absolute atomic E-state index is 0.166. The molecule has 0 aliphatic carbocycles. The highest BCUT2D eigenvalue weighted by atomic mass is 16.1. The van der Waals surface area contributed by atoms with E-state index >= 15 is 0 Å². The van der Waals surface area contributed by atoms with Gasteiger partial charge in [0.15, 0.2) is 0 Å². The molecule has 4 nitrogen and oxygen atoms in total. The molecule has 1 amide bonds. The summed E-state index contributed by atoms with van der Waals surface area (Å²) in [5, 5.41) is 3.43. The van der Waals surface area contributed by atoms with Crippen molar-refractivity contribution in [2.45, 2.75) is 63.1 Å². The minimum Gasteiger partial charge on any atom is -0.370 e. The van der Waals surface area contributed by atoms with Crippen molar-refractivity contribution < 1.29 is 4.79 Å². The molecule has 0 aromatic carbocycles. The molecule has 98 valence electrons. The lowest BCUT2D eigenvalue weighted by molar-refractivity contribution is -0.118. The van der Waals surface area contributed by atoms with Gasteiger partial charge in [0.25, 0.3) is 0 Å². The lowest BCUT2D eigenvalue weighted by atomic mass is 9.81. The van der Waals surface area contributed by atoms with E-state index in [1.165, 1.54) is 32.1 Å². The van der Waals surface area contributed by atoms with Gasteiger partial charge >= 0.3 is 0 Å². The molecule has 0 saturated carbocycles. The molecule has 4 heteroatoms. The van der Waals surface area contributed by atoms with Crippen LogP contribution in [0.3, 0.4) is 0 Å². The second-order valence-electron chi connectivity index (χ2n) is 5.50. The number of nitrogens with zero attached hydrogens (tertiary/aromatic N) is 1. The van der Waals surface area contributed by atoms with Gasteiger partial charge in [-0.15, -0.1) is 0 Å². The SMILES string of the molecule is CNC1CC2CCCC(C1)N2CCCC(N)=O. The number of carbonyl (C=O) groups excluding carboxylic acids is 1. The lowest BCUT2D eigenvalue weighted by Gasteiger charge is -2.49. The van der Waals surface area contributed by atoms with Crippen LogP contribution in [0.4, 0.5) is 0 Å². The highest BCUT2D eigenvalue weighted by Gasteiger charge is 2.37. The fourth-order valence-corrected chi connectivity index (χ4v) is 3.52. The second-order valence-corrected chi connectivity index (χ2v) is 5.50. The Kier molecular flexibility index (Phi) is 4.40. The summed E-state index contributed by atoms with van der Waals surface area (Å²) in [6, 6.07) is 2.15. The first-order valence-corrected chi connectivity index (χ1v) is 6.92. The first-order valence-electron chi connectivity index (χ1n) is 6.92. The quantitative estimate of drug-likeness (QED) is 0.748. The third-order valence-corrected chi connectivity index (χ3v) is 4.37. The van der Waals surface area contributed by atoms with E-state index < -0.39 is 0 Å². The zero-order valence-corrected chi connectivity index (χ0v) is 10.8. The van der Waals surface area contributed by atoms with Crippen LogP contribution in [0.2, 0.25) is 0 Å². The number of piperidine rings is 2. The molecule has 3 N–H and O–H groups in total. The van der Waals surface area contributed by atoms with Crippen LogP contribution in [0, 0.1) is 0 Å². The van der Waals surface area contributed by atoms with Gasteiger partial charge in [-0.1, -0.05) is 6.42 Å². The standard InChI is InChI=1S/C13H25N3O/c1-15-10-8-11-4-2-5-12(9-10)16(11)7-3-6-13(14)17/h10-12,15H,2-9H2,1H3,(H2,14,17). The zero-order valence-electron chi connectivity index (χ0n) is 10.8. The van der Waals surface area contributed by atoms with Gasteiger partial charge in [0.05, 0.1) is 0 Å². The Labute approximate surface area is 104 Å². The number of amides is 1. The van der Waals surface area contributed by atoms with Gasteiger partial charge in [0.1, 0.15) is 0 Å². The van der Waals surface area contributed by atoms with Crippen molar-refractivity contribution in [1.82, 2.24) is 10.2 Å². The van der Waals surface area contributed by atoms with E-state index in [2.05, 4.69) is 17.3 Å². The number of nitrogens with one attached hydrogen (secondary N) is 1. The molecule has 2 atom stereocenters. The third kappa shape index (κ3) is 3.19. The van der Waals surface area contributed by atoms with Gasteiger partial charge in [-0.3, -0.25) is 9.69 Å². The monoisotopic (exact) mass is 239 g/mol. The molecule has 17 heavy (non-hydrogen) atoms. The molecule has 2 fully saturated rings. The lowest BCUT2D eigenvalue weighted by Crippen LogP contribution is -2.56. The highest BCUT2D eigenvalue weighted by molar-refractivity contribution is 5.73. The normalized spacial score (nSPS) is 33.6. The molecule has 2 bridgehead atoms. The maximum Gasteiger partial charge on any atom is 0.217 e. The fourth-order valence-electron chi connectivity index (χ4n) is 3.52. The summed E-state index contributed by atoms with van der Waals surface area (Å²) in [6.07, 6.45) is 8.01. The van der Waals surface area contributed by atoms with Gasteiger partial charge in [-0.25, -0.2) is 0 Å². The molecule has 0 aromatic heterocycles. The van der Waals surface area contributed by atoms with E-state index in [0.717, 1.165) is 25.0 Å². The molecule has 2 aliphatic rings. The van der Waals surface area contributed by atoms with Crippen molar-refractivity contribution >= 4 is 5.91 Å². The molecule has 0 radical (unpaired) electrons. The predicted octanol–water partition coefficient (Wildman–Crippen LogP) is 0.857. The van der Waals surface area contributed by atoms with E-state index in [1.54, 1.807) is 0 Å². The van der Waals surface area contributed by atoms with Crippen molar-refractivity contribution in [3.63, 3.8) is 0 Å². The molecule has 0 spiro atoms. The number of primary amides is 1. The van der Waals surface area contributed by atoms with Crippen LogP contribution in [0.1, 0.15) is 44.9 Å². The number of fused-ring (bicyclic) bond motifs is 2. The van der Waals surface area contributed by atoms with Gasteiger partial charge in [-0.05, 0) is 45.7 Å². The van der Waals surface area contributed by atoms with E-state index in [0.29, 0.717) is 12.5 Å². The van der Waals surface area contributed by atoms with Crippen LogP contribution in [0.25, 0.3) is 0 Å². The Morgan fingerprint density at radius 3 is 2.53 bits per heavy atom. The number of nitrogens with two attached hydrogens (primary N) is 1. The van der Waals surface area contributed by atoms with E-state index in [4.69, 9.17) is 5.73 Å². The largest absolute Gasteiger partial charge is 0.370 e. The Hall–Kier alpha value is -0.610. The van der Waals surface area contributed by atoms with Crippen LogP contribution in [-0.4, -0.2) is 42.5 Å². The summed E-state index contributed by atoms with van der Waals surface area (Å²) >= 11 is 0. The molecule has 2 unspecified atom stereocenters. The Morgan fingerprint density at radius 2 is 2.00 bits per heavy atom. The summed E-state index contributed by atoms with van der Waals surface area (Å²) in [6.45, 7) is 1.05. The van der Waals surface area contributed by atoms with E-state index in [-0.39, 0.29) is 5.91 Å². The van der Waals surface area contributed by atoms with Crippen molar-refractivity contribution in [2.75, 3.05) is 13.6 Å². The number of rotatable bonds is 5. The van der Waals surface area contributed by atoms with Crippen LogP contribution in [-0.2, 0) is 4.79 Å². The third-order valence-electron chi connectivity index (χ3n) is 4.37. The van der Waals surface area contributed by atoms with Crippen LogP contribution in [0.5, 0.6) is 0 Å². The molecular formula is C13H25N3O. The number of carbonyl (C=O) groups is 1. The molecule has 0 aromatic rings. The first kappa shape index (κ1) is 12.8. The number of hydrogen-bond donors (Lipinski definition) is 2. The maximum atomic E-state index is 10.8. The van der Waals surface area contributed by atoms with Crippen molar-refractivity contribution in [1.29, 1.82) is 0 Å². The van der Waals surface area contributed by atoms with Crippen LogP contribution in [0.15, 0.2) is 0 Å². The Morgan fingerprint density at radius 1 is 1.35 bits per heavy atom. The molecule has 2 aliphatic heterocycles. The van der Waals surface area contributed by atoms with Gasteiger partial charge in [0.2, 0.25) is 5.91 Å². The summed E-state index contributed by atoms with van der Waals surface area (Å²) < 4.78 is 0. The first-order chi connectivity index (χ1) is 8.20. The van der Waals surface area contributed by atoms with Crippen LogP contribution < -0.4 is 11.1 Å². The molecule has 2 saturated heterocycles. The van der Waals surface area contributed by atoms with Gasteiger partial charge in [-0.2, -0.15) is 0 Å². The summed E-state index contributed by atoms with van der Waals surface area (Å²) in [5.41, 5.74) is 5.20. The van der Waals surface area contributed by atoms with Crippen molar-refractivity contribution in [3.8, 4) is 0 Å². The zero-order chi connectivity index (χ0) is 12.3. The summed E-state index contributed by atoms with van der Waals surface area (Å²) in [5.74, 6) is -0.166. The maximum absolute atomic E-state index is 10.8. The average Bonchev–Trinajstić information content (AvgIpc) is 2.27. The minimum atomic E-state index is -0.166. The van der Waals surface area contributed by atoms with Crippen molar-refractivity contribution in [3.05, 3.63) is 0 Å². The average molecular weight is 239 g/mol. The molecular weight excluding hydrogens is 214 g/mol. The fraction of sp³-hybridized carbons (Fsp3) is 0.923. The Bertz CT molecular complexity index is 255. The van der Waals surface area contributed by atoms with Crippen LogP contribution >= 0.6 is 0 Å². The van der Waals surface area contributed by atoms with Gasteiger partial charge < -0.3 is 11.1 Å². The summed E-state index contributed by atoms with van der Waals surface area (Å²) in [7, 11) is 2.07. The Balaban J connectivity index is 1.86. The molecule has 2 rings (SSSR count). The van der Waals surface area contributed by atoms with Gasteiger partial charge in [0, 0.05) is 24.5 Å². The second kappa shape index (κ2) is 5.83. The number of hydrogen-bond acceptors (Lipinski definition) is 3. The van der Waals surface area contributed by atoms with Crippen molar-refractivity contribution in [2.24, 2.45) is 5.73 Å². The highest BCUT2D eigenvalue weighted by Crippen LogP contribution is 2.33. The smallest absolute Gasteiger partial charge is 0.217 e. The topological polar surface area (TPSA) is 58.4 Å². The van der Waals surface area contributed by atoms with E-state index in [9.17, 15) is 4.79 Å². The van der Waals surface area contributed by atoms with E-state index in [1.807, 2.05) is 0 Å². The predicted molar refractivity (Wildman–Crippen MR) is 68.6 cm³/mol. The summed E-state index contributed by atoms with van der Waals surface area (Å²) in [4.78, 5) is 13.4. The molecule has 2 heterocycles.